The minimum absolute atomic E-state index is 0.0544. The number of allylic oxidation sites excluding steroid dienone is 2. The van der Waals surface area contributed by atoms with Crippen molar-refractivity contribution in [3.63, 3.8) is 0 Å². The zero-order valence-corrected chi connectivity index (χ0v) is 14.9. The molecular weight excluding hydrogens is 336 g/mol. The Morgan fingerprint density at radius 3 is 2.74 bits per heavy atom. The molecule has 0 amide bonds. The Morgan fingerprint density at radius 2 is 1.96 bits per heavy atom. The van der Waals surface area contributed by atoms with Gasteiger partial charge < -0.3 is 9.67 Å². The van der Waals surface area contributed by atoms with Crippen molar-refractivity contribution < 1.29 is 5.11 Å². The topological polar surface area (TPSA) is 55.1 Å². The van der Waals surface area contributed by atoms with E-state index in [1.165, 1.54) is 0 Å². The average molecular weight is 356 g/mol. The Morgan fingerprint density at radius 1 is 1.11 bits per heavy atom. The van der Waals surface area contributed by atoms with Crippen LogP contribution in [0.5, 0.6) is 5.75 Å². The van der Waals surface area contributed by atoms with Crippen LogP contribution >= 0.6 is 0 Å². The first-order chi connectivity index (χ1) is 13.3. The van der Waals surface area contributed by atoms with Crippen LogP contribution in [0.25, 0.3) is 23.3 Å². The van der Waals surface area contributed by atoms with Crippen LogP contribution in [-0.4, -0.2) is 14.7 Å². The van der Waals surface area contributed by atoms with Gasteiger partial charge in [-0.15, -0.1) is 0 Å². The Labute approximate surface area is 157 Å². The number of pyridine rings is 2. The molecule has 0 saturated carbocycles. The summed E-state index contributed by atoms with van der Waals surface area (Å²) in [4.78, 5) is 17.5. The molecule has 2 heterocycles. The second-order valence-electron chi connectivity index (χ2n) is 6.49. The SMILES string of the molecule is O=c1c(-c2ccccc2)c(O)c2c(n1CCc1cccnc1)=CC=CCC=2. The molecular formula is C23H20N2O2. The van der Waals surface area contributed by atoms with Gasteiger partial charge in [-0.05, 0) is 36.1 Å². The molecule has 134 valence electrons. The average Bonchev–Trinajstić information content (AvgIpc) is 2.96. The third-order valence-corrected chi connectivity index (χ3v) is 4.78. The molecule has 27 heavy (non-hydrogen) atoms. The zero-order chi connectivity index (χ0) is 18.6. The maximum absolute atomic E-state index is 13.3. The van der Waals surface area contributed by atoms with E-state index in [1.54, 1.807) is 10.8 Å². The summed E-state index contributed by atoms with van der Waals surface area (Å²) in [5.74, 6) is 0.0544. The van der Waals surface area contributed by atoms with E-state index in [4.69, 9.17) is 0 Å². The van der Waals surface area contributed by atoms with Crippen molar-refractivity contribution in [3.05, 3.63) is 93.5 Å². The number of fused-ring (bicyclic) bond motifs is 1. The predicted octanol–water partition coefficient (Wildman–Crippen LogP) is 2.38. The highest BCUT2D eigenvalue weighted by molar-refractivity contribution is 5.70. The molecule has 0 bridgehead atoms. The number of aromatic hydroxyl groups is 1. The molecule has 1 N–H and O–H groups in total. The molecule has 4 heteroatoms. The first-order valence-electron chi connectivity index (χ1n) is 9.03. The molecule has 0 fully saturated rings. The van der Waals surface area contributed by atoms with E-state index in [9.17, 15) is 9.90 Å². The summed E-state index contributed by atoms with van der Waals surface area (Å²) in [7, 11) is 0. The van der Waals surface area contributed by atoms with Crippen molar-refractivity contribution in [1.29, 1.82) is 0 Å². The Bertz CT molecular complexity index is 1160. The predicted molar refractivity (Wildman–Crippen MR) is 108 cm³/mol. The van der Waals surface area contributed by atoms with Crippen molar-refractivity contribution in [2.24, 2.45) is 0 Å². The summed E-state index contributed by atoms with van der Waals surface area (Å²) in [6.45, 7) is 0.519. The fraction of sp³-hybridized carbons (Fsp3) is 0.130. The lowest BCUT2D eigenvalue weighted by atomic mass is 10.0. The molecule has 3 aromatic rings. The van der Waals surface area contributed by atoms with Crippen LogP contribution in [0.3, 0.4) is 0 Å². The number of aromatic nitrogens is 2. The quantitative estimate of drug-likeness (QED) is 0.781. The highest BCUT2D eigenvalue weighted by atomic mass is 16.3. The smallest absolute Gasteiger partial charge is 0.262 e. The van der Waals surface area contributed by atoms with Crippen molar-refractivity contribution in [2.45, 2.75) is 19.4 Å². The van der Waals surface area contributed by atoms with Crippen LogP contribution in [0.2, 0.25) is 0 Å². The van der Waals surface area contributed by atoms with Crippen molar-refractivity contribution in [2.75, 3.05) is 0 Å². The second-order valence-corrected chi connectivity index (χ2v) is 6.49. The maximum Gasteiger partial charge on any atom is 0.262 e. The number of rotatable bonds is 4. The van der Waals surface area contributed by atoms with Gasteiger partial charge in [0.1, 0.15) is 5.75 Å². The summed E-state index contributed by atoms with van der Waals surface area (Å²) in [5.41, 5.74) is 1.97. The zero-order valence-electron chi connectivity index (χ0n) is 14.9. The molecule has 4 rings (SSSR count). The van der Waals surface area contributed by atoms with Gasteiger partial charge in [0.05, 0.1) is 10.9 Å². The highest BCUT2D eigenvalue weighted by Gasteiger charge is 2.16. The standard InChI is InChI=1S/C23H20N2O2/c26-22-19-11-5-2-6-12-20(19)25(15-13-17-8-7-14-24-16-17)23(27)21(22)18-9-3-1-4-10-18/h1-4,6-12,14,16,26H,5,13,15H2. The van der Waals surface area contributed by atoms with E-state index < -0.39 is 0 Å². The monoisotopic (exact) mass is 356 g/mol. The lowest BCUT2D eigenvalue weighted by Gasteiger charge is -2.13. The highest BCUT2D eigenvalue weighted by Crippen LogP contribution is 2.21. The van der Waals surface area contributed by atoms with Gasteiger partial charge in [-0.3, -0.25) is 9.78 Å². The van der Waals surface area contributed by atoms with Crippen molar-refractivity contribution in [1.82, 2.24) is 9.55 Å². The summed E-state index contributed by atoms with van der Waals surface area (Å²) in [5, 5.41) is 12.4. The van der Waals surface area contributed by atoms with Gasteiger partial charge in [0.2, 0.25) is 0 Å². The number of hydrogen-bond acceptors (Lipinski definition) is 3. The maximum atomic E-state index is 13.3. The lowest BCUT2D eigenvalue weighted by molar-refractivity contribution is 0.466. The molecule has 1 aliphatic rings. The molecule has 2 aromatic heterocycles. The van der Waals surface area contributed by atoms with Crippen molar-refractivity contribution in [3.8, 4) is 16.9 Å². The minimum Gasteiger partial charge on any atom is -0.506 e. The Kier molecular flexibility index (Phi) is 4.71. The van der Waals surface area contributed by atoms with Gasteiger partial charge in [0.15, 0.2) is 0 Å². The van der Waals surface area contributed by atoms with E-state index in [0.29, 0.717) is 30.2 Å². The Balaban J connectivity index is 1.93. The molecule has 0 spiro atoms. The summed E-state index contributed by atoms with van der Waals surface area (Å²) >= 11 is 0. The number of benzene rings is 1. The van der Waals surface area contributed by atoms with Gasteiger partial charge in [-0.1, -0.05) is 54.6 Å². The lowest BCUT2D eigenvalue weighted by Crippen LogP contribution is -2.44. The van der Waals surface area contributed by atoms with Gasteiger partial charge in [0.25, 0.3) is 5.56 Å². The van der Waals surface area contributed by atoms with E-state index >= 15 is 0 Å². The largest absolute Gasteiger partial charge is 0.506 e. The summed E-state index contributed by atoms with van der Waals surface area (Å²) < 4.78 is 1.76. The molecule has 4 nitrogen and oxygen atoms in total. The van der Waals surface area contributed by atoms with E-state index in [0.717, 1.165) is 16.5 Å². The van der Waals surface area contributed by atoms with Crippen LogP contribution in [-0.2, 0) is 13.0 Å². The number of hydrogen-bond donors (Lipinski definition) is 1. The van der Waals surface area contributed by atoms with Gasteiger partial charge >= 0.3 is 0 Å². The van der Waals surface area contributed by atoms with Gasteiger partial charge in [0, 0.05) is 24.2 Å². The van der Waals surface area contributed by atoms with Crippen LogP contribution < -0.4 is 16.1 Å². The Hall–Kier alpha value is -3.40. The van der Waals surface area contributed by atoms with E-state index in [2.05, 4.69) is 4.98 Å². The van der Waals surface area contributed by atoms with Crippen LogP contribution in [0.1, 0.15) is 12.0 Å². The third kappa shape index (κ3) is 3.34. The first-order valence-corrected chi connectivity index (χ1v) is 9.03. The fourth-order valence-electron chi connectivity index (χ4n) is 3.43. The number of nitrogens with zero attached hydrogens (tertiary/aromatic N) is 2. The molecule has 1 aromatic carbocycles. The van der Waals surface area contributed by atoms with E-state index in [1.807, 2.05) is 73.0 Å². The molecule has 1 aliphatic carbocycles. The molecule has 0 saturated heterocycles. The van der Waals surface area contributed by atoms with Crippen LogP contribution in [0.15, 0.2) is 71.8 Å². The fourth-order valence-corrected chi connectivity index (χ4v) is 3.43. The summed E-state index contributed by atoms with van der Waals surface area (Å²) in [6, 6.07) is 13.3. The minimum atomic E-state index is -0.179. The van der Waals surface area contributed by atoms with Crippen molar-refractivity contribution >= 4 is 12.2 Å². The molecule has 0 atom stereocenters. The van der Waals surface area contributed by atoms with Crippen LogP contribution in [0, 0.1) is 0 Å². The summed E-state index contributed by atoms with van der Waals surface area (Å²) in [6.07, 6.45) is 12.8. The van der Waals surface area contributed by atoms with E-state index in [-0.39, 0.29) is 11.3 Å². The van der Waals surface area contributed by atoms with Crippen LogP contribution in [0.4, 0.5) is 0 Å². The molecule has 0 radical (unpaired) electrons. The first kappa shape index (κ1) is 17.0. The molecule has 0 aliphatic heterocycles. The second kappa shape index (κ2) is 7.46. The molecule has 0 unspecified atom stereocenters. The van der Waals surface area contributed by atoms with Gasteiger partial charge in [-0.2, -0.15) is 0 Å². The number of aryl methyl sites for hydroxylation is 1. The third-order valence-electron chi connectivity index (χ3n) is 4.78. The van der Waals surface area contributed by atoms with Gasteiger partial charge in [-0.25, -0.2) is 0 Å². The normalized spacial score (nSPS) is 12.6.